The molecule has 4 rings (SSSR count). The van der Waals surface area contributed by atoms with E-state index in [1.807, 2.05) is 54.6 Å². The van der Waals surface area contributed by atoms with E-state index in [-0.39, 0.29) is 18.0 Å². The molecular formula is C25H26N4O3. The zero-order valence-corrected chi connectivity index (χ0v) is 18.1. The average Bonchev–Trinajstić information content (AvgIpc) is 2.76. The minimum atomic E-state index is -0.819. The second-order valence-corrected chi connectivity index (χ2v) is 8.33. The molecule has 2 amide bonds. The normalized spacial score (nSPS) is 17.5. The highest BCUT2D eigenvalue weighted by molar-refractivity contribution is 6.02. The number of amides is 2. The average molecular weight is 431 g/mol. The SMILES string of the molecule is CC(C)c1ccccc1N(C(=O)Nc1cncc(-c2ccccc2)n1)C1CC(C(=O)O)C1. The van der Waals surface area contributed by atoms with E-state index in [0.29, 0.717) is 24.4 Å². The topological polar surface area (TPSA) is 95.4 Å². The van der Waals surface area contributed by atoms with E-state index in [9.17, 15) is 14.7 Å². The molecule has 1 fully saturated rings. The molecule has 1 aromatic heterocycles. The minimum absolute atomic E-state index is 0.193. The van der Waals surface area contributed by atoms with Crippen LogP contribution in [0.5, 0.6) is 0 Å². The number of aliphatic carboxylic acids is 1. The lowest BCUT2D eigenvalue weighted by Gasteiger charge is -2.42. The van der Waals surface area contributed by atoms with E-state index in [2.05, 4.69) is 29.1 Å². The largest absolute Gasteiger partial charge is 0.481 e. The fraction of sp³-hybridized carbons (Fsp3) is 0.280. The number of carbonyl (C=O) groups is 2. The van der Waals surface area contributed by atoms with E-state index < -0.39 is 11.9 Å². The van der Waals surface area contributed by atoms with Gasteiger partial charge in [-0.1, -0.05) is 62.4 Å². The maximum Gasteiger partial charge on any atom is 0.327 e. The van der Waals surface area contributed by atoms with Gasteiger partial charge in [0.1, 0.15) is 0 Å². The Morgan fingerprint density at radius 3 is 2.41 bits per heavy atom. The molecule has 0 radical (unpaired) electrons. The van der Waals surface area contributed by atoms with E-state index in [1.54, 1.807) is 11.1 Å². The predicted octanol–water partition coefficient (Wildman–Crippen LogP) is 5.17. The van der Waals surface area contributed by atoms with Crippen molar-refractivity contribution in [3.63, 3.8) is 0 Å². The van der Waals surface area contributed by atoms with Gasteiger partial charge in [0.15, 0.2) is 5.82 Å². The predicted molar refractivity (Wildman–Crippen MR) is 124 cm³/mol. The molecule has 0 bridgehead atoms. The Balaban J connectivity index is 1.62. The van der Waals surface area contributed by atoms with Gasteiger partial charge in [0, 0.05) is 17.3 Å². The van der Waals surface area contributed by atoms with Crippen LogP contribution >= 0.6 is 0 Å². The van der Waals surface area contributed by atoms with Crippen LogP contribution in [-0.2, 0) is 4.79 Å². The third-order valence-electron chi connectivity index (χ3n) is 5.80. The fourth-order valence-corrected chi connectivity index (χ4v) is 4.01. The lowest BCUT2D eigenvalue weighted by molar-refractivity contribution is -0.145. The molecule has 2 aromatic carbocycles. The molecule has 0 spiro atoms. The molecule has 1 saturated carbocycles. The summed E-state index contributed by atoms with van der Waals surface area (Å²) in [6.07, 6.45) is 4.01. The van der Waals surface area contributed by atoms with Gasteiger partial charge in [-0.3, -0.25) is 20.0 Å². The number of urea groups is 1. The molecule has 0 aliphatic heterocycles. The molecule has 2 N–H and O–H groups in total. The molecule has 1 aliphatic rings. The summed E-state index contributed by atoms with van der Waals surface area (Å²) in [7, 11) is 0. The zero-order valence-electron chi connectivity index (χ0n) is 18.1. The number of aromatic nitrogens is 2. The number of hydrogen-bond acceptors (Lipinski definition) is 4. The van der Waals surface area contributed by atoms with Crippen LogP contribution in [0.2, 0.25) is 0 Å². The second kappa shape index (κ2) is 9.18. The van der Waals surface area contributed by atoms with Crippen molar-refractivity contribution < 1.29 is 14.7 Å². The van der Waals surface area contributed by atoms with E-state index >= 15 is 0 Å². The van der Waals surface area contributed by atoms with Crippen LogP contribution in [0.15, 0.2) is 67.0 Å². The molecule has 0 saturated heterocycles. The molecular weight excluding hydrogens is 404 g/mol. The van der Waals surface area contributed by atoms with Gasteiger partial charge in [-0.2, -0.15) is 0 Å². The summed E-state index contributed by atoms with van der Waals surface area (Å²) in [5, 5.41) is 12.2. The molecule has 32 heavy (non-hydrogen) atoms. The van der Waals surface area contributed by atoms with Crippen molar-refractivity contribution in [2.45, 2.75) is 38.6 Å². The summed E-state index contributed by atoms with van der Waals surface area (Å²) in [6.45, 7) is 4.15. The van der Waals surface area contributed by atoms with Crippen LogP contribution in [0.1, 0.15) is 38.2 Å². The number of carbonyl (C=O) groups excluding carboxylic acids is 1. The van der Waals surface area contributed by atoms with Crippen LogP contribution in [-0.4, -0.2) is 33.1 Å². The Kier molecular flexibility index (Phi) is 6.16. The third-order valence-corrected chi connectivity index (χ3v) is 5.80. The number of nitrogens with one attached hydrogen (secondary N) is 1. The van der Waals surface area contributed by atoms with E-state index in [0.717, 1.165) is 16.8 Å². The Bertz CT molecular complexity index is 1110. The van der Waals surface area contributed by atoms with Gasteiger partial charge in [0.25, 0.3) is 0 Å². The Labute approximate surface area is 187 Å². The molecule has 7 heteroatoms. The van der Waals surface area contributed by atoms with Crippen LogP contribution < -0.4 is 10.2 Å². The Morgan fingerprint density at radius 2 is 1.72 bits per heavy atom. The van der Waals surface area contributed by atoms with Crippen molar-refractivity contribution in [2.75, 3.05) is 10.2 Å². The van der Waals surface area contributed by atoms with Crippen molar-refractivity contribution in [1.29, 1.82) is 0 Å². The van der Waals surface area contributed by atoms with Gasteiger partial charge in [0.05, 0.1) is 24.0 Å². The number of para-hydroxylation sites is 1. The number of benzene rings is 2. The van der Waals surface area contributed by atoms with Gasteiger partial charge >= 0.3 is 12.0 Å². The van der Waals surface area contributed by atoms with Crippen molar-refractivity contribution >= 4 is 23.5 Å². The highest BCUT2D eigenvalue weighted by atomic mass is 16.4. The molecule has 1 aliphatic carbocycles. The number of carboxylic acid groups (broad SMARTS) is 1. The number of rotatable bonds is 6. The van der Waals surface area contributed by atoms with Crippen LogP contribution in [0.3, 0.4) is 0 Å². The number of anilines is 2. The highest BCUT2D eigenvalue weighted by Crippen LogP contribution is 2.38. The molecule has 7 nitrogen and oxygen atoms in total. The van der Waals surface area contributed by atoms with Gasteiger partial charge in [-0.05, 0) is 30.4 Å². The first-order valence-corrected chi connectivity index (χ1v) is 10.7. The zero-order chi connectivity index (χ0) is 22.7. The highest BCUT2D eigenvalue weighted by Gasteiger charge is 2.41. The lowest BCUT2D eigenvalue weighted by Crippen LogP contribution is -2.51. The molecule has 164 valence electrons. The maximum absolute atomic E-state index is 13.4. The van der Waals surface area contributed by atoms with Crippen LogP contribution in [0, 0.1) is 5.92 Å². The quantitative estimate of drug-likeness (QED) is 0.563. The summed E-state index contributed by atoms with van der Waals surface area (Å²) >= 11 is 0. The second-order valence-electron chi connectivity index (χ2n) is 8.33. The van der Waals surface area contributed by atoms with Crippen molar-refractivity contribution in [3.05, 3.63) is 72.6 Å². The first kappa shape index (κ1) is 21.5. The lowest BCUT2D eigenvalue weighted by atomic mass is 9.79. The minimum Gasteiger partial charge on any atom is -0.481 e. The van der Waals surface area contributed by atoms with Crippen molar-refractivity contribution in [3.8, 4) is 11.3 Å². The molecule has 0 atom stereocenters. The first-order valence-electron chi connectivity index (χ1n) is 10.7. The Hall–Kier alpha value is -3.74. The standard InChI is InChI=1S/C25H26N4O3/c1-16(2)20-10-6-7-11-22(20)29(19-12-18(13-19)24(30)31)25(32)28-23-15-26-14-21(27-23)17-8-4-3-5-9-17/h3-11,14-16,18-19H,12-13H2,1-2H3,(H,30,31)(H,27,28,32). The van der Waals surface area contributed by atoms with Gasteiger partial charge in [-0.15, -0.1) is 0 Å². The van der Waals surface area contributed by atoms with Crippen LogP contribution in [0.4, 0.5) is 16.3 Å². The van der Waals surface area contributed by atoms with Crippen molar-refractivity contribution in [2.24, 2.45) is 5.92 Å². The third kappa shape index (κ3) is 4.46. The number of nitrogens with zero attached hydrogens (tertiary/aromatic N) is 3. The first-order chi connectivity index (χ1) is 15.4. The maximum atomic E-state index is 13.4. The van der Waals surface area contributed by atoms with Gasteiger partial charge < -0.3 is 5.11 Å². The fourth-order valence-electron chi connectivity index (χ4n) is 4.01. The Morgan fingerprint density at radius 1 is 1.03 bits per heavy atom. The van der Waals surface area contributed by atoms with Gasteiger partial charge in [-0.25, -0.2) is 9.78 Å². The molecule has 1 heterocycles. The van der Waals surface area contributed by atoms with Crippen LogP contribution in [0.25, 0.3) is 11.3 Å². The molecule has 3 aromatic rings. The number of carboxylic acids is 1. The summed E-state index contributed by atoms with van der Waals surface area (Å²) < 4.78 is 0. The monoisotopic (exact) mass is 430 g/mol. The summed E-state index contributed by atoms with van der Waals surface area (Å²) in [5.41, 5.74) is 3.39. The van der Waals surface area contributed by atoms with Gasteiger partial charge in [0.2, 0.25) is 0 Å². The van der Waals surface area contributed by atoms with E-state index in [1.165, 1.54) is 6.20 Å². The molecule has 0 unspecified atom stereocenters. The summed E-state index contributed by atoms with van der Waals surface area (Å²) in [6, 6.07) is 16.9. The van der Waals surface area contributed by atoms with E-state index in [4.69, 9.17) is 0 Å². The summed E-state index contributed by atoms with van der Waals surface area (Å²) in [5.74, 6) is -0.696. The summed E-state index contributed by atoms with van der Waals surface area (Å²) in [4.78, 5) is 35.3. The number of hydrogen-bond donors (Lipinski definition) is 2. The van der Waals surface area contributed by atoms with Crippen molar-refractivity contribution in [1.82, 2.24) is 9.97 Å². The smallest absolute Gasteiger partial charge is 0.327 e.